The van der Waals surface area contributed by atoms with Gasteiger partial charge in [0.15, 0.2) is 0 Å². The van der Waals surface area contributed by atoms with Gasteiger partial charge in [0.25, 0.3) is 0 Å². The summed E-state index contributed by atoms with van der Waals surface area (Å²) in [5.74, 6) is 1.97. The molecule has 0 amide bonds. The van der Waals surface area contributed by atoms with Crippen molar-refractivity contribution in [3.8, 4) is 5.75 Å². The van der Waals surface area contributed by atoms with Gasteiger partial charge in [-0.1, -0.05) is 31.9 Å². The summed E-state index contributed by atoms with van der Waals surface area (Å²) in [4.78, 5) is 0. The Kier molecular flexibility index (Phi) is 6.38. The predicted molar refractivity (Wildman–Crippen MR) is 85.3 cm³/mol. The van der Waals surface area contributed by atoms with E-state index in [1.54, 1.807) is 0 Å². The molecule has 2 nitrogen and oxygen atoms in total. The van der Waals surface area contributed by atoms with E-state index in [0.717, 1.165) is 24.8 Å². The molecule has 1 saturated carbocycles. The zero-order valence-electron chi connectivity index (χ0n) is 13.0. The maximum absolute atomic E-state index is 5.78. The van der Waals surface area contributed by atoms with Crippen molar-refractivity contribution in [3.63, 3.8) is 0 Å². The van der Waals surface area contributed by atoms with Crippen LogP contribution in [-0.4, -0.2) is 19.2 Å². The summed E-state index contributed by atoms with van der Waals surface area (Å²) < 4.78 is 5.78. The van der Waals surface area contributed by atoms with E-state index in [-0.39, 0.29) is 0 Å². The minimum Gasteiger partial charge on any atom is -0.492 e. The Morgan fingerprint density at radius 2 is 2.00 bits per heavy atom. The molecule has 0 aliphatic heterocycles. The van der Waals surface area contributed by atoms with Crippen molar-refractivity contribution in [1.29, 1.82) is 0 Å². The molecule has 2 rings (SSSR count). The molecule has 0 radical (unpaired) electrons. The van der Waals surface area contributed by atoms with Crippen LogP contribution in [0.1, 0.15) is 51.0 Å². The molecule has 0 atom stereocenters. The van der Waals surface area contributed by atoms with Crippen molar-refractivity contribution >= 4 is 0 Å². The quantitative estimate of drug-likeness (QED) is 0.748. The van der Waals surface area contributed by atoms with Crippen LogP contribution in [0.5, 0.6) is 5.75 Å². The molecule has 0 unspecified atom stereocenters. The molecular formula is C18H29NO. The first kappa shape index (κ1) is 15.4. The Balaban J connectivity index is 1.58. The van der Waals surface area contributed by atoms with E-state index >= 15 is 0 Å². The normalized spacial score (nSPS) is 22.7. The molecule has 1 aromatic carbocycles. The number of aryl methyl sites for hydroxylation is 1. The van der Waals surface area contributed by atoms with Crippen LogP contribution in [0.15, 0.2) is 24.3 Å². The van der Waals surface area contributed by atoms with E-state index in [4.69, 9.17) is 4.74 Å². The molecule has 0 aromatic heterocycles. The molecule has 112 valence electrons. The van der Waals surface area contributed by atoms with E-state index in [9.17, 15) is 0 Å². The molecule has 0 saturated heterocycles. The molecule has 20 heavy (non-hydrogen) atoms. The monoisotopic (exact) mass is 275 g/mol. The molecule has 1 N–H and O–H groups in total. The van der Waals surface area contributed by atoms with Crippen LogP contribution < -0.4 is 10.1 Å². The number of hydrogen-bond acceptors (Lipinski definition) is 2. The molecule has 0 bridgehead atoms. The largest absolute Gasteiger partial charge is 0.492 e. The van der Waals surface area contributed by atoms with E-state index < -0.39 is 0 Å². The van der Waals surface area contributed by atoms with Gasteiger partial charge in [-0.05, 0) is 56.2 Å². The standard InChI is InChI=1S/C18H29NO/c1-3-5-16-8-10-17(11-9-16)19-12-13-20-18-7-4-6-15(2)14-18/h4,6-7,14,16-17,19H,3,5,8-13H2,1-2H3. The fourth-order valence-corrected chi connectivity index (χ4v) is 3.20. The van der Waals surface area contributed by atoms with E-state index in [1.807, 2.05) is 12.1 Å². The topological polar surface area (TPSA) is 21.3 Å². The average Bonchev–Trinajstić information content (AvgIpc) is 2.46. The van der Waals surface area contributed by atoms with Gasteiger partial charge < -0.3 is 10.1 Å². The lowest BCUT2D eigenvalue weighted by Crippen LogP contribution is -2.35. The number of ether oxygens (including phenoxy) is 1. The van der Waals surface area contributed by atoms with Gasteiger partial charge in [0, 0.05) is 12.6 Å². The van der Waals surface area contributed by atoms with Crippen molar-refractivity contribution in [3.05, 3.63) is 29.8 Å². The predicted octanol–water partition coefficient (Wildman–Crippen LogP) is 4.32. The fourth-order valence-electron chi connectivity index (χ4n) is 3.20. The van der Waals surface area contributed by atoms with Gasteiger partial charge in [-0.25, -0.2) is 0 Å². The van der Waals surface area contributed by atoms with Crippen LogP contribution in [0, 0.1) is 12.8 Å². The van der Waals surface area contributed by atoms with Crippen molar-refractivity contribution in [2.45, 2.75) is 58.4 Å². The second-order valence-electron chi connectivity index (χ2n) is 6.13. The van der Waals surface area contributed by atoms with Crippen LogP contribution in [0.2, 0.25) is 0 Å². The molecule has 1 fully saturated rings. The molecule has 1 aliphatic carbocycles. The maximum Gasteiger partial charge on any atom is 0.119 e. The Morgan fingerprint density at radius 1 is 1.20 bits per heavy atom. The average molecular weight is 275 g/mol. The van der Waals surface area contributed by atoms with Gasteiger partial charge in [0.05, 0.1) is 0 Å². The smallest absolute Gasteiger partial charge is 0.119 e. The first-order valence-corrected chi connectivity index (χ1v) is 8.20. The Bertz CT molecular complexity index is 383. The van der Waals surface area contributed by atoms with Gasteiger partial charge in [-0.3, -0.25) is 0 Å². The molecule has 0 spiro atoms. The SMILES string of the molecule is CCCC1CCC(NCCOc2cccc(C)c2)CC1. The van der Waals surface area contributed by atoms with Crippen LogP contribution in [0.3, 0.4) is 0 Å². The number of rotatable bonds is 7. The van der Waals surface area contributed by atoms with Crippen LogP contribution in [-0.2, 0) is 0 Å². The Labute approximate surface area is 123 Å². The maximum atomic E-state index is 5.78. The fraction of sp³-hybridized carbons (Fsp3) is 0.667. The molecule has 1 aromatic rings. The summed E-state index contributed by atoms with van der Waals surface area (Å²) in [6.45, 7) is 6.11. The summed E-state index contributed by atoms with van der Waals surface area (Å²) in [5, 5.41) is 3.64. The second kappa shape index (κ2) is 8.31. The van der Waals surface area contributed by atoms with E-state index in [0.29, 0.717) is 6.04 Å². The van der Waals surface area contributed by atoms with Gasteiger partial charge in [-0.15, -0.1) is 0 Å². The summed E-state index contributed by atoms with van der Waals surface area (Å²) in [5.41, 5.74) is 1.25. The highest BCUT2D eigenvalue weighted by Crippen LogP contribution is 2.27. The number of hydrogen-bond donors (Lipinski definition) is 1. The Hall–Kier alpha value is -1.02. The first-order valence-electron chi connectivity index (χ1n) is 8.20. The van der Waals surface area contributed by atoms with Crippen LogP contribution in [0.4, 0.5) is 0 Å². The minimum absolute atomic E-state index is 0.712. The number of benzene rings is 1. The van der Waals surface area contributed by atoms with Crippen molar-refractivity contribution in [2.24, 2.45) is 5.92 Å². The zero-order valence-corrected chi connectivity index (χ0v) is 13.0. The molecular weight excluding hydrogens is 246 g/mol. The first-order chi connectivity index (χ1) is 9.78. The van der Waals surface area contributed by atoms with Gasteiger partial charge in [-0.2, -0.15) is 0 Å². The second-order valence-corrected chi connectivity index (χ2v) is 6.13. The van der Waals surface area contributed by atoms with Crippen molar-refractivity contribution in [2.75, 3.05) is 13.2 Å². The third kappa shape index (κ3) is 5.16. The van der Waals surface area contributed by atoms with E-state index in [1.165, 1.54) is 44.1 Å². The highest BCUT2D eigenvalue weighted by atomic mass is 16.5. The molecule has 1 aliphatic rings. The van der Waals surface area contributed by atoms with Crippen LogP contribution >= 0.6 is 0 Å². The minimum atomic E-state index is 0.712. The van der Waals surface area contributed by atoms with Crippen molar-refractivity contribution in [1.82, 2.24) is 5.32 Å². The van der Waals surface area contributed by atoms with Crippen molar-refractivity contribution < 1.29 is 4.74 Å². The summed E-state index contributed by atoms with van der Waals surface area (Å²) in [6.07, 6.45) is 8.26. The zero-order chi connectivity index (χ0) is 14.2. The van der Waals surface area contributed by atoms with Gasteiger partial charge in [0.1, 0.15) is 12.4 Å². The Morgan fingerprint density at radius 3 is 2.70 bits per heavy atom. The highest BCUT2D eigenvalue weighted by molar-refractivity contribution is 5.27. The third-order valence-corrected chi connectivity index (χ3v) is 4.34. The summed E-state index contributed by atoms with van der Waals surface area (Å²) in [7, 11) is 0. The number of nitrogens with one attached hydrogen (secondary N) is 1. The third-order valence-electron chi connectivity index (χ3n) is 4.34. The van der Waals surface area contributed by atoms with Gasteiger partial charge >= 0.3 is 0 Å². The van der Waals surface area contributed by atoms with Crippen LogP contribution in [0.25, 0.3) is 0 Å². The summed E-state index contributed by atoms with van der Waals surface area (Å²) >= 11 is 0. The summed E-state index contributed by atoms with van der Waals surface area (Å²) in [6, 6.07) is 8.98. The lowest BCUT2D eigenvalue weighted by molar-refractivity contribution is 0.256. The lowest BCUT2D eigenvalue weighted by atomic mass is 9.83. The van der Waals surface area contributed by atoms with Gasteiger partial charge in [0.2, 0.25) is 0 Å². The highest BCUT2D eigenvalue weighted by Gasteiger charge is 2.19. The molecule has 2 heteroatoms. The molecule has 0 heterocycles. The van der Waals surface area contributed by atoms with E-state index in [2.05, 4.69) is 31.3 Å². The lowest BCUT2D eigenvalue weighted by Gasteiger charge is -2.29.